The first-order valence-electron chi connectivity index (χ1n) is 10.9. The molecule has 1 aliphatic rings. The molecule has 1 heterocycles. The van der Waals surface area contributed by atoms with Crippen LogP contribution >= 0.6 is 0 Å². The molecule has 1 aliphatic heterocycles. The first-order valence-corrected chi connectivity index (χ1v) is 10.9. The topological polar surface area (TPSA) is 67.9 Å². The van der Waals surface area contributed by atoms with Gasteiger partial charge in [0.25, 0.3) is 11.8 Å². The van der Waals surface area contributed by atoms with E-state index in [1.807, 2.05) is 60.7 Å². The molecule has 0 aliphatic carbocycles. The van der Waals surface area contributed by atoms with Crippen LogP contribution in [0, 0.1) is 0 Å². The molecule has 0 bridgehead atoms. The van der Waals surface area contributed by atoms with E-state index < -0.39 is 0 Å². The minimum atomic E-state index is -0.269. The molecule has 0 saturated heterocycles. The lowest BCUT2D eigenvalue weighted by molar-refractivity contribution is -0.121. The minimum absolute atomic E-state index is 0.0617. The highest BCUT2D eigenvalue weighted by molar-refractivity contribution is 6.06. The number of carbonyl (C=O) groups excluding carboxylic acids is 2. The SMILES string of the molecule is O=C(Nc1ccc(Oc2ccccc2)cc1)c1ccc2c(c1)OCC(=O)N2Cc1ccccc1. The largest absolute Gasteiger partial charge is 0.482 e. The number of anilines is 2. The van der Waals surface area contributed by atoms with E-state index in [4.69, 9.17) is 9.47 Å². The molecule has 5 rings (SSSR count). The molecule has 0 unspecified atom stereocenters. The van der Waals surface area contributed by atoms with Crippen LogP contribution in [0.15, 0.2) is 103 Å². The number of ether oxygens (including phenoxy) is 2. The van der Waals surface area contributed by atoms with E-state index in [2.05, 4.69) is 5.32 Å². The van der Waals surface area contributed by atoms with Gasteiger partial charge in [-0.05, 0) is 60.2 Å². The van der Waals surface area contributed by atoms with Crippen molar-refractivity contribution in [3.05, 3.63) is 114 Å². The number of nitrogens with zero attached hydrogens (tertiary/aromatic N) is 1. The molecule has 168 valence electrons. The maximum atomic E-state index is 12.8. The zero-order valence-corrected chi connectivity index (χ0v) is 18.3. The van der Waals surface area contributed by atoms with Gasteiger partial charge < -0.3 is 19.7 Å². The Labute approximate surface area is 197 Å². The van der Waals surface area contributed by atoms with Crippen molar-refractivity contribution in [1.82, 2.24) is 0 Å². The molecule has 0 spiro atoms. The van der Waals surface area contributed by atoms with E-state index in [1.54, 1.807) is 47.4 Å². The number of fused-ring (bicyclic) bond motifs is 1. The van der Waals surface area contributed by atoms with Crippen molar-refractivity contribution < 1.29 is 19.1 Å². The summed E-state index contributed by atoms with van der Waals surface area (Å²) in [6.07, 6.45) is 0. The second-order valence-corrected chi connectivity index (χ2v) is 7.83. The first-order chi connectivity index (χ1) is 16.7. The summed E-state index contributed by atoms with van der Waals surface area (Å²) in [4.78, 5) is 27.0. The molecule has 4 aromatic carbocycles. The molecule has 0 radical (unpaired) electrons. The Morgan fingerprint density at radius 3 is 2.26 bits per heavy atom. The van der Waals surface area contributed by atoms with E-state index in [-0.39, 0.29) is 18.4 Å². The van der Waals surface area contributed by atoms with Crippen molar-refractivity contribution in [2.45, 2.75) is 6.54 Å². The second kappa shape index (κ2) is 9.50. The summed E-state index contributed by atoms with van der Waals surface area (Å²) in [5.41, 5.74) is 2.76. The molecule has 4 aromatic rings. The fraction of sp³-hybridized carbons (Fsp3) is 0.0714. The van der Waals surface area contributed by atoms with Gasteiger partial charge in [0.15, 0.2) is 6.61 Å². The Bertz CT molecular complexity index is 1310. The van der Waals surface area contributed by atoms with E-state index in [0.29, 0.717) is 35.0 Å². The molecule has 34 heavy (non-hydrogen) atoms. The molecule has 0 atom stereocenters. The van der Waals surface area contributed by atoms with Crippen molar-refractivity contribution in [1.29, 1.82) is 0 Å². The number of amides is 2. The number of hydrogen-bond acceptors (Lipinski definition) is 4. The molecule has 6 heteroatoms. The molecule has 0 fully saturated rings. The van der Waals surface area contributed by atoms with Crippen LogP contribution in [0.3, 0.4) is 0 Å². The van der Waals surface area contributed by atoms with Crippen molar-refractivity contribution in [2.75, 3.05) is 16.8 Å². The average molecular weight is 450 g/mol. The van der Waals surface area contributed by atoms with Crippen LogP contribution in [-0.2, 0) is 11.3 Å². The van der Waals surface area contributed by atoms with Gasteiger partial charge in [0, 0.05) is 11.3 Å². The van der Waals surface area contributed by atoms with Gasteiger partial charge in [0.2, 0.25) is 0 Å². The maximum Gasteiger partial charge on any atom is 0.265 e. The van der Waals surface area contributed by atoms with Crippen LogP contribution in [-0.4, -0.2) is 18.4 Å². The predicted molar refractivity (Wildman–Crippen MR) is 130 cm³/mol. The summed E-state index contributed by atoms with van der Waals surface area (Å²) in [5, 5.41) is 2.89. The van der Waals surface area contributed by atoms with Crippen molar-refractivity contribution in [3.63, 3.8) is 0 Å². The Hall–Kier alpha value is -4.58. The van der Waals surface area contributed by atoms with Gasteiger partial charge >= 0.3 is 0 Å². The third kappa shape index (κ3) is 4.76. The summed E-state index contributed by atoms with van der Waals surface area (Å²) in [6, 6.07) is 31.5. The van der Waals surface area contributed by atoms with Gasteiger partial charge in [0.05, 0.1) is 12.2 Å². The Morgan fingerprint density at radius 2 is 1.53 bits per heavy atom. The van der Waals surface area contributed by atoms with E-state index in [9.17, 15) is 9.59 Å². The third-order valence-corrected chi connectivity index (χ3v) is 5.44. The zero-order valence-electron chi connectivity index (χ0n) is 18.3. The van der Waals surface area contributed by atoms with Gasteiger partial charge in [-0.1, -0.05) is 48.5 Å². The Kier molecular flexibility index (Phi) is 5.95. The molecule has 6 nitrogen and oxygen atoms in total. The average Bonchev–Trinajstić information content (AvgIpc) is 2.88. The number of para-hydroxylation sites is 1. The predicted octanol–water partition coefficient (Wildman–Crippen LogP) is 5.66. The number of nitrogens with one attached hydrogen (secondary N) is 1. The lowest BCUT2D eigenvalue weighted by atomic mass is 10.1. The lowest BCUT2D eigenvalue weighted by Gasteiger charge is -2.29. The van der Waals surface area contributed by atoms with Gasteiger partial charge in [-0.2, -0.15) is 0 Å². The normalized spacial score (nSPS) is 12.5. The van der Waals surface area contributed by atoms with Crippen molar-refractivity contribution in [3.8, 4) is 17.2 Å². The van der Waals surface area contributed by atoms with Crippen molar-refractivity contribution >= 4 is 23.2 Å². The lowest BCUT2D eigenvalue weighted by Crippen LogP contribution is -2.38. The number of carbonyl (C=O) groups is 2. The summed E-state index contributed by atoms with van der Waals surface area (Å²) in [7, 11) is 0. The van der Waals surface area contributed by atoms with Gasteiger partial charge in [-0.3, -0.25) is 9.59 Å². The standard InChI is InChI=1S/C28H22N2O4/c31-27-19-33-26-17-21(11-16-25(26)30(27)18-20-7-3-1-4-8-20)28(32)29-22-12-14-24(15-13-22)34-23-9-5-2-6-10-23/h1-17H,18-19H2,(H,29,32). The van der Waals surface area contributed by atoms with E-state index in [0.717, 1.165) is 11.3 Å². The van der Waals surface area contributed by atoms with Gasteiger partial charge in [-0.15, -0.1) is 0 Å². The van der Waals surface area contributed by atoms with Gasteiger partial charge in [0.1, 0.15) is 17.2 Å². The van der Waals surface area contributed by atoms with Crippen LogP contribution in [0.25, 0.3) is 0 Å². The Balaban J connectivity index is 1.28. The molecular weight excluding hydrogens is 428 g/mol. The van der Waals surface area contributed by atoms with Crippen LogP contribution in [0.4, 0.5) is 11.4 Å². The fourth-order valence-electron chi connectivity index (χ4n) is 3.72. The number of hydrogen-bond donors (Lipinski definition) is 1. The van der Waals surface area contributed by atoms with Crippen LogP contribution < -0.4 is 19.7 Å². The highest BCUT2D eigenvalue weighted by Gasteiger charge is 2.26. The van der Waals surface area contributed by atoms with Crippen molar-refractivity contribution in [2.24, 2.45) is 0 Å². The summed E-state index contributed by atoms with van der Waals surface area (Å²) in [5.74, 6) is 1.54. The molecular formula is C28H22N2O4. The van der Waals surface area contributed by atoms with E-state index in [1.165, 1.54) is 0 Å². The smallest absolute Gasteiger partial charge is 0.265 e. The molecule has 2 amide bonds. The van der Waals surface area contributed by atoms with Gasteiger partial charge in [-0.25, -0.2) is 0 Å². The maximum absolute atomic E-state index is 12.8. The number of benzene rings is 4. The first kappa shape index (κ1) is 21.3. The monoisotopic (exact) mass is 450 g/mol. The summed E-state index contributed by atoms with van der Waals surface area (Å²) in [6.45, 7) is 0.382. The van der Waals surface area contributed by atoms with Crippen LogP contribution in [0.1, 0.15) is 15.9 Å². The molecule has 0 aromatic heterocycles. The third-order valence-electron chi connectivity index (χ3n) is 5.44. The second-order valence-electron chi connectivity index (χ2n) is 7.83. The zero-order chi connectivity index (χ0) is 23.3. The van der Waals surface area contributed by atoms with Crippen LogP contribution in [0.2, 0.25) is 0 Å². The van der Waals surface area contributed by atoms with Crippen LogP contribution in [0.5, 0.6) is 17.2 Å². The van der Waals surface area contributed by atoms with E-state index >= 15 is 0 Å². The molecule has 1 N–H and O–H groups in total. The fourth-order valence-corrected chi connectivity index (χ4v) is 3.72. The molecule has 0 saturated carbocycles. The number of rotatable bonds is 6. The summed E-state index contributed by atoms with van der Waals surface area (Å²) >= 11 is 0. The Morgan fingerprint density at radius 1 is 0.853 bits per heavy atom. The highest BCUT2D eigenvalue weighted by Crippen LogP contribution is 2.34. The quantitative estimate of drug-likeness (QED) is 0.412. The minimum Gasteiger partial charge on any atom is -0.482 e. The highest BCUT2D eigenvalue weighted by atomic mass is 16.5. The summed E-state index contributed by atoms with van der Waals surface area (Å²) < 4.78 is 11.4.